The molecule has 0 spiro atoms. The molecule has 1 aromatic rings. The third kappa shape index (κ3) is 18.7. The van der Waals surface area contributed by atoms with Gasteiger partial charge in [0.05, 0.1) is 64.3 Å². The van der Waals surface area contributed by atoms with Crippen molar-refractivity contribution < 1.29 is 57.2 Å². The number of ketones is 1. The number of amides is 5. The molecule has 0 aromatic heterocycles. The Hall–Kier alpha value is -4.51. The van der Waals surface area contributed by atoms with Crippen LogP contribution in [-0.2, 0) is 63.9 Å². The molecule has 3 N–H and O–H groups in total. The lowest BCUT2D eigenvalue weighted by atomic mass is 9.97. The number of imide groups is 1. The zero-order valence-corrected chi connectivity index (χ0v) is 31.4. The Morgan fingerprint density at radius 3 is 1.85 bits per heavy atom. The molecule has 1 aromatic carbocycles. The number of hydrogen-bond acceptors (Lipinski definition) is 12. The molecule has 0 saturated carbocycles. The lowest BCUT2D eigenvalue weighted by Gasteiger charge is -2.17. The van der Waals surface area contributed by atoms with Gasteiger partial charge in [0, 0.05) is 56.1 Å². The lowest BCUT2D eigenvalue weighted by molar-refractivity contribution is -0.154. The van der Waals surface area contributed by atoms with Gasteiger partial charge in [-0.3, -0.25) is 38.5 Å². The topological polar surface area (TPSA) is 205 Å². The molecule has 1 heterocycles. The third-order valence-electron chi connectivity index (χ3n) is 7.64. The van der Waals surface area contributed by atoms with Gasteiger partial charge in [-0.1, -0.05) is 19.1 Å². The van der Waals surface area contributed by atoms with Gasteiger partial charge in [0.2, 0.25) is 17.7 Å². The van der Waals surface area contributed by atoms with Gasteiger partial charge in [0.1, 0.15) is 6.61 Å². The molecule has 1 aliphatic heterocycles. The van der Waals surface area contributed by atoms with E-state index in [4.69, 9.17) is 23.7 Å². The maximum atomic E-state index is 12.7. The Morgan fingerprint density at radius 2 is 1.28 bits per heavy atom. The van der Waals surface area contributed by atoms with Crippen LogP contribution in [0.15, 0.2) is 36.4 Å². The van der Waals surface area contributed by atoms with Crippen molar-refractivity contribution in [2.45, 2.75) is 66.5 Å². The molecule has 0 bridgehead atoms. The van der Waals surface area contributed by atoms with Crippen LogP contribution in [0.4, 0.5) is 5.69 Å². The summed E-state index contributed by atoms with van der Waals surface area (Å²) in [5, 5.41) is 8.07. The number of hydrogen-bond donors (Lipinski definition) is 3. The zero-order valence-electron chi connectivity index (χ0n) is 31.4. The van der Waals surface area contributed by atoms with Crippen LogP contribution in [0, 0.1) is 11.3 Å². The monoisotopic (exact) mass is 746 g/mol. The van der Waals surface area contributed by atoms with Crippen molar-refractivity contribution in [1.29, 1.82) is 0 Å². The van der Waals surface area contributed by atoms with Crippen molar-refractivity contribution in [2.75, 3.05) is 71.3 Å². The summed E-state index contributed by atoms with van der Waals surface area (Å²) in [5.41, 5.74) is 0.728. The summed E-state index contributed by atoms with van der Waals surface area (Å²) in [6, 6.07) is 6.12. The second kappa shape index (κ2) is 23.9. The van der Waals surface area contributed by atoms with Crippen LogP contribution in [-0.4, -0.2) is 118 Å². The van der Waals surface area contributed by atoms with Crippen LogP contribution in [0.5, 0.6) is 0 Å². The molecule has 2 atom stereocenters. The molecule has 53 heavy (non-hydrogen) atoms. The molecule has 16 nitrogen and oxygen atoms in total. The Balaban J connectivity index is 1.42. The van der Waals surface area contributed by atoms with Gasteiger partial charge in [-0.2, -0.15) is 0 Å². The van der Waals surface area contributed by atoms with E-state index < -0.39 is 29.2 Å². The summed E-state index contributed by atoms with van der Waals surface area (Å²) >= 11 is 0. The Labute approximate surface area is 310 Å². The van der Waals surface area contributed by atoms with Crippen molar-refractivity contribution in [1.82, 2.24) is 15.5 Å². The number of rotatable bonds is 26. The fourth-order valence-corrected chi connectivity index (χ4v) is 4.42. The van der Waals surface area contributed by atoms with Crippen LogP contribution in [0.2, 0.25) is 0 Å². The Bertz CT molecular complexity index is 1390. The van der Waals surface area contributed by atoms with E-state index in [0.29, 0.717) is 45.3 Å². The second-order valence-electron chi connectivity index (χ2n) is 13.3. The summed E-state index contributed by atoms with van der Waals surface area (Å²) in [5.74, 6) is -3.00. The van der Waals surface area contributed by atoms with Gasteiger partial charge in [-0.15, -0.1) is 0 Å². The summed E-state index contributed by atoms with van der Waals surface area (Å²) in [6.45, 7) is 11.4. The van der Waals surface area contributed by atoms with Crippen molar-refractivity contribution in [3.63, 3.8) is 0 Å². The summed E-state index contributed by atoms with van der Waals surface area (Å²) in [4.78, 5) is 85.3. The third-order valence-corrected chi connectivity index (χ3v) is 7.64. The van der Waals surface area contributed by atoms with Crippen LogP contribution in [0.1, 0.15) is 59.4 Å². The molecule has 5 amide bonds. The van der Waals surface area contributed by atoms with Crippen molar-refractivity contribution in [3.05, 3.63) is 42.0 Å². The second-order valence-corrected chi connectivity index (χ2v) is 13.3. The summed E-state index contributed by atoms with van der Waals surface area (Å²) in [7, 11) is 0. The fourth-order valence-electron chi connectivity index (χ4n) is 4.42. The number of anilines is 1. The standard InChI is InChI=1S/C37H54N4O12/c1-26(35(47)40-29-8-6-28(7-9-29)25-53-36(48)37(3,4)5)24-30(42)27(2)39-32(44)13-16-49-18-20-51-22-23-52-21-19-50-17-14-38-31(43)12-15-41-33(45)10-11-34(41)46/h6-11,26-27H,12-25H2,1-5H3,(H,38,43)(H,39,44)(H,40,47)/t26-,27+/m0/s1. The van der Waals surface area contributed by atoms with E-state index in [-0.39, 0.29) is 81.7 Å². The highest BCUT2D eigenvalue weighted by Crippen LogP contribution is 2.18. The van der Waals surface area contributed by atoms with E-state index in [1.54, 1.807) is 58.9 Å². The van der Waals surface area contributed by atoms with E-state index in [0.717, 1.165) is 10.5 Å². The zero-order chi connectivity index (χ0) is 39.2. The average molecular weight is 747 g/mol. The van der Waals surface area contributed by atoms with E-state index in [1.165, 1.54) is 12.2 Å². The van der Waals surface area contributed by atoms with E-state index in [2.05, 4.69) is 16.0 Å². The highest BCUT2D eigenvalue weighted by atomic mass is 16.6. The number of ether oxygens (including phenoxy) is 5. The lowest BCUT2D eigenvalue weighted by Crippen LogP contribution is -2.40. The molecule has 294 valence electrons. The van der Waals surface area contributed by atoms with Gasteiger partial charge in [-0.05, 0) is 45.4 Å². The highest BCUT2D eigenvalue weighted by molar-refractivity contribution is 6.13. The normalized spacial score (nSPS) is 13.8. The minimum atomic E-state index is -0.766. The predicted molar refractivity (Wildman–Crippen MR) is 192 cm³/mol. The van der Waals surface area contributed by atoms with Crippen molar-refractivity contribution in [2.24, 2.45) is 11.3 Å². The van der Waals surface area contributed by atoms with Crippen LogP contribution in [0.3, 0.4) is 0 Å². The summed E-state index contributed by atoms with van der Waals surface area (Å²) < 4.78 is 26.9. The predicted octanol–water partition coefficient (Wildman–Crippen LogP) is 1.70. The SMILES string of the molecule is C[C@@H](CC(=O)[C@@H](C)NC(=O)CCOCCOCCOCCOCCNC(=O)CCN1C(=O)C=CC1=O)C(=O)Nc1ccc(COC(=O)C(C)(C)C)cc1. The maximum Gasteiger partial charge on any atom is 0.311 e. The number of carbonyl (C=O) groups is 7. The molecule has 0 aliphatic carbocycles. The molecule has 0 fully saturated rings. The first kappa shape index (κ1) is 44.7. The fraction of sp³-hybridized carbons (Fsp3) is 0.595. The van der Waals surface area contributed by atoms with E-state index in [9.17, 15) is 33.6 Å². The van der Waals surface area contributed by atoms with Crippen LogP contribution in [0.25, 0.3) is 0 Å². The maximum absolute atomic E-state index is 12.7. The largest absolute Gasteiger partial charge is 0.460 e. The first-order valence-corrected chi connectivity index (χ1v) is 17.7. The first-order chi connectivity index (χ1) is 25.2. The molecule has 0 radical (unpaired) electrons. The van der Waals surface area contributed by atoms with Crippen molar-refractivity contribution >= 4 is 47.0 Å². The smallest absolute Gasteiger partial charge is 0.311 e. The quantitative estimate of drug-likeness (QED) is 0.0704. The summed E-state index contributed by atoms with van der Waals surface area (Å²) in [6.07, 6.45) is 2.39. The average Bonchev–Trinajstić information content (AvgIpc) is 3.43. The number of nitrogens with one attached hydrogen (secondary N) is 3. The minimum Gasteiger partial charge on any atom is -0.460 e. The van der Waals surface area contributed by atoms with Gasteiger partial charge < -0.3 is 39.6 Å². The Kier molecular flexibility index (Phi) is 20.2. The number of carbonyl (C=O) groups excluding carboxylic acids is 7. The number of nitrogens with zero attached hydrogens (tertiary/aromatic N) is 1. The van der Waals surface area contributed by atoms with Gasteiger partial charge in [-0.25, -0.2) is 0 Å². The molecule has 0 unspecified atom stereocenters. The van der Waals surface area contributed by atoms with Gasteiger partial charge >= 0.3 is 5.97 Å². The molecule has 16 heteroatoms. The van der Waals surface area contributed by atoms with E-state index >= 15 is 0 Å². The van der Waals surface area contributed by atoms with Crippen molar-refractivity contribution in [3.8, 4) is 0 Å². The molecule has 1 aliphatic rings. The van der Waals surface area contributed by atoms with Crippen LogP contribution < -0.4 is 16.0 Å². The van der Waals surface area contributed by atoms with Gasteiger partial charge in [0.15, 0.2) is 5.78 Å². The van der Waals surface area contributed by atoms with Crippen LogP contribution >= 0.6 is 0 Å². The van der Waals surface area contributed by atoms with Gasteiger partial charge in [0.25, 0.3) is 11.8 Å². The Morgan fingerprint density at radius 1 is 0.736 bits per heavy atom. The minimum absolute atomic E-state index is 0.0230. The number of esters is 1. The molecule has 2 rings (SSSR count). The number of Topliss-reactive ketones (excluding diaryl/α,β-unsaturated/α-hetero) is 1. The molecular formula is C37H54N4O12. The first-order valence-electron chi connectivity index (χ1n) is 17.7. The molecular weight excluding hydrogens is 692 g/mol. The van der Waals surface area contributed by atoms with E-state index in [1.807, 2.05) is 0 Å². The highest BCUT2D eigenvalue weighted by Gasteiger charge is 2.25. The number of benzene rings is 1. The molecule has 0 saturated heterocycles.